The summed E-state index contributed by atoms with van der Waals surface area (Å²) in [5.41, 5.74) is -1.07. The lowest BCUT2D eigenvalue weighted by Crippen LogP contribution is -2.25. The molecule has 1 saturated carbocycles. The molecule has 0 atom stereocenters. The van der Waals surface area contributed by atoms with Crippen molar-refractivity contribution in [3.63, 3.8) is 0 Å². The third kappa shape index (κ3) is 0.892. The molecular weight excluding hydrogens is 104 g/mol. The van der Waals surface area contributed by atoms with Crippen LogP contribution in [0.3, 0.4) is 0 Å². The van der Waals surface area contributed by atoms with Crippen LogP contribution in [0.4, 0.5) is 0 Å². The smallest absolute Gasteiger partial charge is 0.232 e. The first-order valence-electron chi connectivity index (χ1n) is 2.88. The Labute approximate surface area is 48.5 Å². The molecular formula is C6H9O2. The van der Waals surface area contributed by atoms with E-state index in [4.69, 9.17) is 5.11 Å². The molecule has 0 aromatic heterocycles. The van der Waals surface area contributed by atoms with E-state index in [1.807, 2.05) is 0 Å². The van der Waals surface area contributed by atoms with Crippen LogP contribution in [-0.4, -0.2) is 17.0 Å². The van der Waals surface area contributed by atoms with E-state index < -0.39 is 5.60 Å². The molecule has 0 spiro atoms. The molecule has 1 fully saturated rings. The monoisotopic (exact) mass is 113 g/mol. The predicted molar refractivity (Wildman–Crippen MR) is 29.1 cm³/mol. The van der Waals surface area contributed by atoms with Crippen LogP contribution < -0.4 is 0 Å². The first-order chi connectivity index (χ1) is 3.77. The summed E-state index contributed by atoms with van der Waals surface area (Å²) in [6, 6.07) is 0. The van der Waals surface area contributed by atoms with Gasteiger partial charge < -0.3 is 5.11 Å². The minimum Gasteiger partial charge on any atom is -0.382 e. The zero-order valence-electron chi connectivity index (χ0n) is 4.68. The second kappa shape index (κ2) is 1.86. The zero-order chi connectivity index (χ0) is 6.04. The molecule has 1 aliphatic carbocycles. The zero-order valence-corrected chi connectivity index (χ0v) is 4.68. The summed E-state index contributed by atoms with van der Waals surface area (Å²) in [7, 11) is 0. The maximum absolute atomic E-state index is 9.95. The topological polar surface area (TPSA) is 37.3 Å². The Morgan fingerprint density at radius 3 is 2.12 bits per heavy atom. The summed E-state index contributed by atoms with van der Waals surface area (Å²) in [6.45, 7) is 0. The van der Waals surface area contributed by atoms with Crippen molar-refractivity contribution < 1.29 is 9.90 Å². The van der Waals surface area contributed by atoms with Crippen molar-refractivity contribution in [1.82, 2.24) is 0 Å². The van der Waals surface area contributed by atoms with Crippen LogP contribution in [0.15, 0.2) is 0 Å². The molecule has 1 radical (unpaired) electrons. The molecule has 8 heavy (non-hydrogen) atoms. The van der Waals surface area contributed by atoms with E-state index in [9.17, 15) is 4.79 Å². The summed E-state index contributed by atoms with van der Waals surface area (Å²) in [5.74, 6) is 0. The minimum atomic E-state index is -1.07. The van der Waals surface area contributed by atoms with E-state index in [-0.39, 0.29) is 0 Å². The largest absolute Gasteiger partial charge is 0.382 e. The highest BCUT2D eigenvalue weighted by Crippen LogP contribution is 2.26. The number of carbonyl (C=O) groups excluding carboxylic acids is 1. The molecule has 0 aromatic rings. The first kappa shape index (κ1) is 5.76. The second-order valence-electron chi connectivity index (χ2n) is 2.34. The highest BCUT2D eigenvalue weighted by Gasteiger charge is 2.31. The van der Waals surface area contributed by atoms with Crippen molar-refractivity contribution in [2.24, 2.45) is 0 Å². The Bertz CT molecular complexity index is 92.7. The van der Waals surface area contributed by atoms with Gasteiger partial charge in [0.1, 0.15) is 5.60 Å². The van der Waals surface area contributed by atoms with Gasteiger partial charge in [-0.25, -0.2) is 0 Å². The van der Waals surface area contributed by atoms with Gasteiger partial charge in [0.2, 0.25) is 6.29 Å². The lowest BCUT2D eigenvalue weighted by Gasteiger charge is -2.09. The van der Waals surface area contributed by atoms with Crippen molar-refractivity contribution in [3.05, 3.63) is 0 Å². The van der Waals surface area contributed by atoms with Crippen molar-refractivity contribution in [2.75, 3.05) is 0 Å². The van der Waals surface area contributed by atoms with E-state index in [0.717, 1.165) is 12.8 Å². The van der Waals surface area contributed by atoms with Crippen molar-refractivity contribution >= 4 is 6.29 Å². The van der Waals surface area contributed by atoms with E-state index in [0.29, 0.717) is 12.8 Å². The normalized spacial score (nSPS) is 25.6. The minimum absolute atomic E-state index is 0.608. The predicted octanol–water partition coefficient (Wildman–Crippen LogP) is 0.401. The van der Waals surface area contributed by atoms with Crippen molar-refractivity contribution in [3.8, 4) is 0 Å². The molecule has 45 valence electrons. The Kier molecular flexibility index (Phi) is 1.34. The molecule has 2 heteroatoms. The van der Waals surface area contributed by atoms with Crippen LogP contribution in [0, 0.1) is 0 Å². The molecule has 2 nitrogen and oxygen atoms in total. The third-order valence-corrected chi connectivity index (χ3v) is 1.62. The maximum Gasteiger partial charge on any atom is 0.232 e. The van der Waals surface area contributed by atoms with Crippen molar-refractivity contribution in [1.29, 1.82) is 0 Å². The van der Waals surface area contributed by atoms with E-state index in [1.54, 1.807) is 6.29 Å². The number of hydrogen-bond donors (Lipinski definition) is 1. The van der Waals surface area contributed by atoms with Gasteiger partial charge in [0, 0.05) is 0 Å². The molecule has 1 rings (SSSR count). The molecule has 0 aliphatic heterocycles. The molecule has 0 amide bonds. The van der Waals surface area contributed by atoms with Crippen LogP contribution >= 0.6 is 0 Å². The fourth-order valence-corrected chi connectivity index (χ4v) is 1.06. The maximum atomic E-state index is 9.95. The summed E-state index contributed by atoms with van der Waals surface area (Å²) >= 11 is 0. The van der Waals surface area contributed by atoms with E-state index in [2.05, 4.69) is 0 Å². The lowest BCUT2D eigenvalue weighted by atomic mass is 10.1. The van der Waals surface area contributed by atoms with Gasteiger partial charge in [0.05, 0.1) is 0 Å². The number of hydrogen-bond acceptors (Lipinski definition) is 2. The van der Waals surface area contributed by atoms with Gasteiger partial charge >= 0.3 is 0 Å². The van der Waals surface area contributed by atoms with Gasteiger partial charge in [-0.05, 0) is 25.7 Å². The lowest BCUT2D eigenvalue weighted by molar-refractivity contribution is 0.116. The molecule has 0 aromatic carbocycles. The SMILES string of the molecule is O=[C]C1(O)CCCC1. The third-order valence-electron chi connectivity index (χ3n) is 1.62. The van der Waals surface area contributed by atoms with Crippen LogP contribution in [0.25, 0.3) is 0 Å². The molecule has 0 saturated heterocycles. The highest BCUT2D eigenvalue weighted by atomic mass is 16.3. The molecule has 1 aliphatic rings. The van der Waals surface area contributed by atoms with Crippen molar-refractivity contribution in [2.45, 2.75) is 31.3 Å². The average Bonchev–Trinajstić information content (AvgIpc) is 2.17. The van der Waals surface area contributed by atoms with Gasteiger partial charge in [-0.1, -0.05) is 0 Å². The molecule has 0 unspecified atom stereocenters. The Balaban J connectivity index is 2.52. The van der Waals surface area contributed by atoms with Gasteiger partial charge in [-0.2, -0.15) is 0 Å². The van der Waals surface area contributed by atoms with E-state index >= 15 is 0 Å². The van der Waals surface area contributed by atoms with Crippen LogP contribution in [0.5, 0.6) is 0 Å². The number of rotatable bonds is 1. The van der Waals surface area contributed by atoms with Gasteiger partial charge in [0.25, 0.3) is 0 Å². The van der Waals surface area contributed by atoms with Gasteiger partial charge in [-0.15, -0.1) is 0 Å². The highest BCUT2D eigenvalue weighted by molar-refractivity contribution is 5.63. The summed E-state index contributed by atoms with van der Waals surface area (Å²) in [5, 5.41) is 9.08. The standard InChI is InChI=1S/C6H9O2/c7-5-6(8)3-1-2-4-6/h8H,1-4H2. The van der Waals surface area contributed by atoms with Crippen LogP contribution in [-0.2, 0) is 4.79 Å². The fraction of sp³-hybridized carbons (Fsp3) is 0.833. The van der Waals surface area contributed by atoms with Crippen LogP contribution in [0.2, 0.25) is 0 Å². The Morgan fingerprint density at radius 2 is 1.88 bits per heavy atom. The Morgan fingerprint density at radius 1 is 1.38 bits per heavy atom. The molecule has 0 heterocycles. The second-order valence-corrected chi connectivity index (χ2v) is 2.34. The van der Waals surface area contributed by atoms with Gasteiger partial charge in [-0.3, -0.25) is 4.79 Å². The van der Waals surface area contributed by atoms with Gasteiger partial charge in [0.15, 0.2) is 0 Å². The molecule has 1 N–H and O–H groups in total. The molecule has 0 bridgehead atoms. The summed E-state index contributed by atoms with van der Waals surface area (Å²) in [6.07, 6.45) is 4.79. The summed E-state index contributed by atoms with van der Waals surface area (Å²) in [4.78, 5) is 9.95. The quantitative estimate of drug-likeness (QED) is 0.534. The first-order valence-corrected chi connectivity index (χ1v) is 2.88. The van der Waals surface area contributed by atoms with E-state index in [1.165, 1.54) is 0 Å². The fourth-order valence-electron chi connectivity index (χ4n) is 1.06. The summed E-state index contributed by atoms with van der Waals surface area (Å²) < 4.78 is 0. The van der Waals surface area contributed by atoms with Crippen LogP contribution in [0.1, 0.15) is 25.7 Å². The Hall–Kier alpha value is -0.370. The number of aliphatic hydroxyl groups is 1. The average molecular weight is 113 g/mol.